The first kappa shape index (κ1) is 15.8. The lowest BCUT2D eigenvalue weighted by Gasteiger charge is -2.09. The molecule has 0 aliphatic rings. The molecule has 0 amide bonds. The summed E-state index contributed by atoms with van der Waals surface area (Å²) in [5.41, 5.74) is 6.29. The van der Waals surface area contributed by atoms with Crippen LogP contribution in [0.15, 0.2) is 41.6 Å². The van der Waals surface area contributed by atoms with E-state index in [1.807, 2.05) is 0 Å². The van der Waals surface area contributed by atoms with Gasteiger partial charge in [0, 0.05) is 18.5 Å². The number of nitrogens with two attached hydrogens (primary N) is 1. The lowest BCUT2D eigenvalue weighted by molar-refractivity contribution is -0.137. The largest absolute Gasteiger partial charge is 0.417 e. The third kappa shape index (κ3) is 4.18. The Morgan fingerprint density at radius 3 is 2.43 bits per heavy atom. The first-order chi connectivity index (χ1) is 9.90. The van der Waals surface area contributed by atoms with E-state index in [0.717, 1.165) is 17.8 Å². The second-order valence-electron chi connectivity index (χ2n) is 4.29. The van der Waals surface area contributed by atoms with Gasteiger partial charge in [-0.2, -0.15) is 13.2 Å². The SMILES string of the molecule is NCc1ccc(F)cc1CSc1ccc(C(F)(F)F)cn1. The highest BCUT2D eigenvalue weighted by atomic mass is 32.2. The molecule has 0 atom stereocenters. The second-order valence-corrected chi connectivity index (χ2v) is 5.28. The van der Waals surface area contributed by atoms with Crippen molar-refractivity contribution in [3.63, 3.8) is 0 Å². The number of alkyl halides is 3. The van der Waals surface area contributed by atoms with Gasteiger partial charge in [-0.15, -0.1) is 11.8 Å². The molecule has 1 aromatic heterocycles. The molecule has 0 fully saturated rings. The zero-order chi connectivity index (χ0) is 15.5. The highest BCUT2D eigenvalue weighted by molar-refractivity contribution is 7.98. The average molecular weight is 316 g/mol. The van der Waals surface area contributed by atoms with Crippen LogP contribution in [-0.4, -0.2) is 4.98 Å². The number of hydrogen-bond donors (Lipinski definition) is 1. The quantitative estimate of drug-likeness (QED) is 0.685. The molecule has 0 aliphatic heterocycles. The molecule has 0 saturated heterocycles. The van der Waals surface area contributed by atoms with E-state index >= 15 is 0 Å². The van der Waals surface area contributed by atoms with Crippen LogP contribution in [0.5, 0.6) is 0 Å². The van der Waals surface area contributed by atoms with Gasteiger partial charge >= 0.3 is 6.18 Å². The van der Waals surface area contributed by atoms with E-state index in [1.165, 1.54) is 30.0 Å². The number of rotatable bonds is 4. The van der Waals surface area contributed by atoms with Crippen LogP contribution in [0.1, 0.15) is 16.7 Å². The van der Waals surface area contributed by atoms with Gasteiger partial charge in [-0.1, -0.05) is 6.07 Å². The van der Waals surface area contributed by atoms with Gasteiger partial charge in [0.25, 0.3) is 0 Å². The summed E-state index contributed by atoms with van der Waals surface area (Å²) in [5.74, 6) is 0.0195. The first-order valence-electron chi connectivity index (χ1n) is 6.03. The van der Waals surface area contributed by atoms with Crippen molar-refractivity contribution in [2.24, 2.45) is 5.73 Å². The fraction of sp³-hybridized carbons (Fsp3) is 0.214. The van der Waals surface area contributed by atoms with Crippen molar-refractivity contribution < 1.29 is 17.6 Å². The standard InChI is InChI=1S/C14H12F4N2S/c15-12-3-1-9(6-19)10(5-12)8-21-13-4-2-11(7-20-13)14(16,17)18/h1-5,7H,6,8,19H2. The summed E-state index contributed by atoms with van der Waals surface area (Å²) in [5, 5.41) is 0.440. The van der Waals surface area contributed by atoms with Gasteiger partial charge in [-0.05, 0) is 35.4 Å². The lowest BCUT2D eigenvalue weighted by atomic mass is 10.1. The number of halogens is 4. The van der Waals surface area contributed by atoms with Crippen molar-refractivity contribution in [3.05, 3.63) is 59.0 Å². The Labute approximate surface area is 123 Å². The van der Waals surface area contributed by atoms with Gasteiger partial charge in [0.05, 0.1) is 10.6 Å². The van der Waals surface area contributed by atoms with Gasteiger partial charge in [-0.3, -0.25) is 0 Å². The third-order valence-electron chi connectivity index (χ3n) is 2.83. The fourth-order valence-corrected chi connectivity index (χ4v) is 2.58. The molecular formula is C14H12F4N2S. The highest BCUT2D eigenvalue weighted by Gasteiger charge is 2.30. The van der Waals surface area contributed by atoms with Crippen molar-refractivity contribution >= 4 is 11.8 Å². The summed E-state index contributed by atoms with van der Waals surface area (Å²) in [7, 11) is 0. The van der Waals surface area contributed by atoms with Crippen molar-refractivity contribution in [3.8, 4) is 0 Å². The number of hydrogen-bond acceptors (Lipinski definition) is 3. The minimum absolute atomic E-state index is 0.274. The van der Waals surface area contributed by atoms with Gasteiger partial charge in [0.15, 0.2) is 0 Å². The van der Waals surface area contributed by atoms with Crippen LogP contribution in [0, 0.1) is 5.82 Å². The highest BCUT2D eigenvalue weighted by Crippen LogP contribution is 2.30. The van der Waals surface area contributed by atoms with Crippen molar-refractivity contribution in [1.29, 1.82) is 0 Å². The summed E-state index contributed by atoms with van der Waals surface area (Å²) < 4.78 is 50.4. The van der Waals surface area contributed by atoms with Crippen LogP contribution < -0.4 is 5.73 Å². The fourth-order valence-electron chi connectivity index (χ4n) is 1.71. The maximum atomic E-state index is 13.2. The molecule has 2 N–H and O–H groups in total. The van der Waals surface area contributed by atoms with Gasteiger partial charge < -0.3 is 5.73 Å². The predicted molar refractivity (Wildman–Crippen MR) is 73.1 cm³/mol. The van der Waals surface area contributed by atoms with Crippen LogP contribution >= 0.6 is 11.8 Å². The Morgan fingerprint density at radius 2 is 1.86 bits per heavy atom. The molecule has 2 rings (SSSR count). The van der Waals surface area contributed by atoms with Gasteiger partial charge in [0.1, 0.15) is 5.82 Å². The van der Waals surface area contributed by atoms with E-state index in [0.29, 0.717) is 16.3 Å². The zero-order valence-corrected chi connectivity index (χ0v) is 11.6. The van der Waals surface area contributed by atoms with E-state index in [2.05, 4.69) is 4.98 Å². The average Bonchev–Trinajstić information content (AvgIpc) is 2.45. The molecule has 1 aromatic carbocycles. The lowest BCUT2D eigenvalue weighted by Crippen LogP contribution is -2.05. The molecule has 1 heterocycles. The second kappa shape index (κ2) is 6.44. The summed E-state index contributed by atoms with van der Waals surface area (Å²) in [6.45, 7) is 0.274. The molecule has 0 unspecified atom stereocenters. The minimum Gasteiger partial charge on any atom is -0.326 e. The number of thioether (sulfide) groups is 1. The minimum atomic E-state index is -4.40. The number of nitrogens with zero attached hydrogens (tertiary/aromatic N) is 1. The maximum Gasteiger partial charge on any atom is 0.417 e. The van der Waals surface area contributed by atoms with Gasteiger partial charge in [-0.25, -0.2) is 9.37 Å². The van der Waals surface area contributed by atoms with Crippen molar-refractivity contribution in [1.82, 2.24) is 4.98 Å². The van der Waals surface area contributed by atoms with Crippen LogP contribution in [0.2, 0.25) is 0 Å². The molecule has 112 valence electrons. The predicted octanol–water partition coefficient (Wildman–Crippen LogP) is 3.99. The molecule has 21 heavy (non-hydrogen) atoms. The molecule has 2 aromatic rings. The Kier molecular flexibility index (Phi) is 4.84. The van der Waals surface area contributed by atoms with E-state index in [1.54, 1.807) is 6.07 Å². The molecular weight excluding hydrogens is 304 g/mol. The maximum absolute atomic E-state index is 13.2. The Hall–Kier alpha value is -1.60. The summed E-state index contributed by atoms with van der Waals surface area (Å²) >= 11 is 1.23. The van der Waals surface area contributed by atoms with E-state index in [9.17, 15) is 17.6 Å². The van der Waals surface area contributed by atoms with Crippen molar-refractivity contribution in [2.45, 2.75) is 23.5 Å². The normalized spacial score (nSPS) is 11.7. The Bertz CT molecular complexity index is 611. The van der Waals surface area contributed by atoms with Crippen LogP contribution in [-0.2, 0) is 18.5 Å². The number of benzene rings is 1. The molecule has 0 bridgehead atoms. The van der Waals surface area contributed by atoms with E-state index in [-0.39, 0.29) is 12.4 Å². The summed E-state index contributed by atoms with van der Waals surface area (Å²) in [6.07, 6.45) is -3.61. The first-order valence-corrected chi connectivity index (χ1v) is 7.02. The molecule has 0 aliphatic carbocycles. The molecule has 0 spiro atoms. The number of pyridine rings is 1. The Balaban J connectivity index is 2.08. The van der Waals surface area contributed by atoms with E-state index < -0.39 is 11.7 Å². The van der Waals surface area contributed by atoms with E-state index in [4.69, 9.17) is 5.73 Å². The zero-order valence-electron chi connectivity index (χ0n) is 10.8. The van der Waals surface area contributed by atoms with Crippen LogP contribution in [0.25, 0.3) is 0 Å². The topological polar surface area (TPSA) is 38.9 Å². The summed E-state index contributed by atoms with van der Waals surface area (Å²) in [6, 6.07) is 6.58. The molecule has 0 saturated carbocycles. The summed E-state index contributed by atoms with van der Waals surface area (Å²) in [4.78, 5) is 3.76. The molecule has 0 radical (unpaired) electrons. The monoisotopic (exact) mass is 316 g/mol. The molecule has 2 nitrogen and oxygen atoms in total. The van der Waals surface area contributed by atoms with Crippen LogP contribution in [0.4, 0.5) is 17.6 Å². The molecule has 7 heteroatoms. The third-order valence-corrected chi connectivity index (χ3v) is 3.82. The number of aromatic nitrogens is 1. The van der Waals surface area contributed by atoms with Crippen LogP contribution in [0.3, 0.4) is 0 Å². The van der Waals surface area contributed by atoms with Crippen molar-refractivity contribution in [2.75, 3.05) is 0 Å². The van der Waals surface area contributed by atoms with Gasteiger partial charge in [0.2, 0.25) is 0 Å². The Morgan fingerprint density at radius 1 is 1.10 bits per heavy atom. The smallest absolute Gasteiger partial charge is 0.326 e.